The van der Waals surface area contributed by atoms with E-state index in [9.17, 15) is 9.59 Å². The highest BCUT2D eigenvalue weighted by Crippen LogP contribution is 2.16. The van der Waals surface area contributed by atoms with Crippen LogP contribution in [0.4, 0.5) is 0 Å². The molecule has 0 saturated carbocycles. The zero-order valence-electron chi connectivity index (χ0n) is 13.5. The SMILES string of the molecule is CC(C)c1ccc(COC(C)C(CCC(N)=O)NC=O)cc1. The predicted octanol–water partition coefficient (Wildman–Crippen LogP) is 2.10. The first-order chi connectivity index (χ1) is 10.4. The van der Waals surface area contributed by atoms with Crippen LogP contribution >= 0.6 is 0 Å². The molecule has 1 aromatic rings. The fraction of sp³-hybridized carbons (Fsp3) is 0.529. The van der Waals surface area contributed by atoms with E-state index in [-0.39, 0.29) is 24.5 Å². The van der Waals surface area contributed by atoms with Crippen molar-refractivity contribution in [2.75, 3.05) is 0 Å². The van der Waals surface area contributed by atoms with Gasteiger partial charge in [0.25, 0.3) is 0 Å². The predicted molar refractivity (Wildman–Crippen MR) is 86.2 cm³/mol. The molecule has 0 spiro atoms. The van der Waals surface area contributed by atoms with Crippen molar-refractivity contribution < 1.29 is 14.3 Å². The minimum absolute atomic E-state index is 0.200. The molecule has 0 saturated heterocycles. The summed E-state index contributed by atoms with van der Waals surface area (Å²) in [5, 5.41) is 2.68. The van der Waals surface area contributed by atoms with E-state index in [1.807, 2.05) is 19.1 Å². The van der Waals surface area contributed by atoms with Crippen LogP contribution in [0.15, 0.2) is 24.3 Å². The number of carbonyl (C=O) groups excluding carboxylic acids is 2. The fourth-order valence-electron chi connectivity index (χ4n) is 2.18. The third-order valence-electron chi connectivity index (χ3n) is 3.71. The maximum Gasteiger partial charge on any atom is 0.217 e. The molecule has 0 heterocycles. The molecule has 2 amide bonds. The minimum atomic E-state index is -0.380. The van der Waals surface area contributed by atoms with E-state index in [0.29, 0.717) is 25.4 Å². The lowest BCUT2D eigenvalue weighted by atomic mass is 10.0. The van der Waals surface area contributed by atoms with Gasteiger partial charge < -0.3 is 15.8 Å². The van der Waals surface area contributed by atoms with Gasteiger partial charge in [-0.3, -0.25) is 9.59 Å². The highest BCUT2D eigenvalue weighted by molar-refractivity contribution is 5.73. The first kappa shape index (κ1) is 18.2. The number of benzene rings is 1. The molecule has 1 rings (SSSR count). The van der Waals surface area contributed by atoms with Gasteiger partial charge in [0.05, 0.1) is 18.8 Å². The second-order valence-electron chi connectivity index (χ2n) is 5.81. The summed E-state index contributed by atoms with van der Waals surface area (Å²) in [5.41, 5.74) is 7.51. The summed E-state index contributed by atoms with van der Waals surface area (Å²) < 4.78 is 5.80. The van der Waals surface area contributed by atoms with Crippen LogP contribution in [0.1, 0.15) is 50.7 Å². The molecule has 22 heavy (non-hydrogen) atoms. The topological polar surface area (TPSA) is 81.4 Å². The van der Waals surface area contributed by atoms with Crippen LogP contribution in [0.5, 0.6) is 0 Å². The Kier molecular flexibility index (Phi) is 7.60. The fourth-order valence-corrected chi connectivity index (χ4v) is 2.18. The summed E-state index contributed by atoms with van der Waals surface area (Å²) >= 11 is 0. The normalized spacial score (nSPS) is 13.6. The van der Waals surface area contributed by atoms with E-state index < -0.39 is 0 Å². The molecule has 0 aromatic heterocycles. The van der Waals surface area contributed by atoms with E-state index in [1.165, 1.54) is 5.56 Å². The number of hydrogen-bond donors (Lipinski definition) is 2. The van der Waals surface area contributed by atoms with Crippen molar-refractivity contribution in [1.82, 2.24) is 5.32 Å². The molecular formula is C17H26N2O3. The number of nitrogens with one attached hydrogen (secondary N) is 1. The Balaban J connectivity index is 2.52. The zero-order chi connectivity index (χ0) is 16.5. The molecule has 122 valence electrons. The first-order valence-electron chi connectivity index (χ1n) is 7.62. The van der Waals surface area contributed by atoms with Gasteiger partial charge in [-0.05, 0) is 30.4 Å². The summed E-state index contributed by atoms with van der Waals surface area (Å²) in [6.45, 7) is 6.65. The van der Waals surface area contributed by atoms with Crippen LogP contribution in [0.2, 0.25) is 0 Å². The van der Waals surface area contributed by atoms with Crippen molar-refractivity contribution in [2.24, 2.45) is 5.73 Å². The van der Waals surface area contributed by atoms with Crippen molar-refractivity contribution in [2.45, 2.75) is 58.3 Å². The molecule has 5 nitrogen and oxygen atoms in total. The zero-order valence-corrected chi connectivity index (χ0v) is 13.5. The van der Waals surface area contributed by atoms with Crippen LogP contribution in [0, 0.1) is 0 Å². The van der Waals surface area contributed by atoms with Crippen LogP contribution in [-0.4, -0.2) is 24.5 Å². The number of primary amides is 1. The molecule has 0 radical (unpaired) electrons. The largest absolute Gasteiger partial charge is 0.372 e. The van der Waals surface area contributed by atoms with Crippen molar-refractivity contribution in [1.29, 1.82) is 0 Å². The molecule has 5 heteroatoms. The van der Waals surface area contributed by atoms with Gasteiger partial charge in [0, 0.05) is 6.42 Å². The quantitative estimate of drug-likeness (QED) is 0.649. The summed E-state index contributed by atoms with van der Waals surface area (Å²) in [5.74, 6) is 0.123. The Hall–Kier alpha value is -1.88. The van der Waals surface area contributed by atoms with Gasteiger partial charge in [-0.2, -0.15) is 0 Å². The summed E-state index contributed by atoms with van der Waals surface area (Å²) in [4.78, 5) is 21.5. The molecule has 1 aromatic carbocycles. The van der Waals surface area contributed by atoms with E-state index in [1.54, 1.807) is 0 Å². The highest BCUT2D eigenvalue weighted by Gasteiger charge is 2.18. The van der Waals surface area contributed by atoms with Gasteiger partial charge in [0.1, 0.15) is 0 Å². The molecule has 0 aliphatic heterocycles. The number of carbonyl (C=O) groups is 2. The van der Waals surface area contributed by atoms with Crippen molar-refractivity contribution >= 4 is 12.3 Å². The molecule has 2 unspecified atom stereocenters. The number of ether oxygens (including phenoxy) is 1. The number of amides is 2. The van der Waals surface area contributed by atoms with E-state index in [2.05, 4.69) is 31.3 Å². The molecular weight excluding hydrogens is 280 g/mol. The standard InChI is InChI=1S/C17H26N2O3/c1-12(2)15-6-4-14(5-7-15)10-22-13(3)16(19-11-20)8-9-17(18)21/h4-7,11-13,16H,8-10H2,1-3H3,(H2,18,21)(H,19,20). The van der Waals surface area contributed by atoms with Crippen LogP contribution in [0.3, 0.4) is 0 Å². The van der Waals surface area contributed by atoms with E-state index in [4.69, 9.17) is 10.5 Å². The third-order valence-corrected chi connectivity index (χ3v) is 3.71. The van der Waals surface area contributed by atoms with Crippen molar-refractivity contribution in [3.63, 3.8) is 0 Å². The highest BCUT2D eigenvalue weighted by atomic mass is 16.5. The monoisotopic (exact) mass is 306 g/mol. The molecule has 0 fully saturated rings. The maximum absolute atomic E-state index is 10.9. The second kappa shape index (κ2) is 9.20. The third kappa shape index (κ3) is 6.26. The lowest BCUT2D eigenvalue weighted by Crippen LogP contribution is -2.39. The smallest absolute Gasteiger partial charge is 0.217 e. The maximum atomic E-state index is 10.9. The molecule has 0 aliphatic carbocycles. The van der Waals surface area contributed by atoms with Gasteiger partial charge >= 0.3 is 0 Å². The van der Waals surface area contributed by atoms with Crippen molar-refractivity contribution in [3.05, 3.63) is 35.4 Å². The van der Waals surface area contributed by atoms with Crippen molar-refractivity contribution in [3.8, 4) is 0 Å². The summed E-state index contributed by atoms with van der Waals surface area (Å²) in [7, 11) is 0. The average Bonchev–Trinajstić information content (AvgIpc) is 2.49. The lowest BCUT2D eigenvalue weighted by Gasteiger charge is -2.23. The Morgan fingerprint density at radius 3 is 2.41 bits per heavy atom. The molecule has 0 bridgehead atoms. The van der Waals surface area contributed by atoms with Gasteiger partial charge in [-0.1, -0.05) is 38.1 Å². The minimum Gasteiger partial charge on any atom is -0.372 e. The van der Waals surface area contributed by atoms with Crippen LogP contribution in [-0.2, 0) is 20.9 Å². The Bertz CT molecular complexity index is 471. The Labute approximate surface area is 132 Å². The van der Waals surface area contributed by atoms with E-state index >= 15 is 0 Å². The lowest BCUT2D eigenvalue weighted by molar-refractivity contribution is -0.119. The van der Waals surface area contributed by atoms with Crippen LogP contribution in [0.25, 0.3) is 0 Å². The summed E-state index contributed by atoms with van der Waals surface area (Å²) in [6, 6.07) is 8.08. The first-order valence-corrected chi connectivity index (χ1v) is 7.62. The number of hydrogen-bond acceptors (Lipinski definition) is 3. The number of rotatable bonds is 10. The van der Waals surface area contributed by atoms with Gasteiger partial charge in [-0.15, -0.1) is 0 Å². The molecule has 3 N–H and O–H groups in total. The molecule has 0 aliphatic rings. The second-order valence-corrected chi connectivity index (χ2v) is 5.81. The van der Waals surface area contributed by atoms with Gasteiger partial charge in [0.15, 0.2) is 0 Å². The van der Waals surface area contributed by atoms with Gasteiger partial charge in [0.2, 0.25) is 12.3 Å². The Morgan fingerprint density at radius 1 is 1.27 bits per heavy atom. The number of nitrogens with two attached hydrogens (primary N) is 1. The molecule has 2 atom stereocenters. The van der Waals surface area contributed by atoms with Crippen LogP contribution < -0.4 is 11.1 Å². The Morgan fingerprint density at radius 2 is 1.91 bits per heavy atom. The van der Waals surface area contributed by atoms with Gasteiger partial charge in [-0.25, -0.2) is 0 Å². The summed E-state index contributed by atoms with van der Waals surface area (Å²) in [6.07, 6.45) is 1.13. The average molecular weight is 306 g/mol. The van der Waals surface area contributed by atoms with E-state index in [0.717, 1.165) is 5.56 Å².